The Morgan fingerprint density at radius 1 is 0.859 bits per heavy atom. The number of likely N-dealkylation sites (N-methyl/N-ethyl adjacent to an activating group) is 1. The van der Waals surface area contributed by atoms with Crippen molar-refractivity contribution in [2.45, 2.75) is 191 Å². The second-order valence-corrected chi connectivity index (χ2v) is 18.7. The molecule has 64 heavy (non-hydrogen) atoms. The van der Waals surface area contributed by atoms with Gasteiger partial charge >= 0.3 is 5.97 Å². The first-order valence-corrected chi connectivity index (χ1v) is 22.7. The summed E-state index contributed by atoms with van der Waals surface area (Å²) in [5.41, 5.74) is -0.806. The standard InChI is InChI=1S/C46H77NO17/c1-13-33-30(22-58-45-42(57-12)41(56-11)37(52)26(5)60-45)18-23(2)14-15-31(49)24(3)19-29(16-17-48)39(25(4)32(50)20-34(51)62-33)64-44-38(53)36(47(9)10)40(27(6)61-44)63-35-21-46(8,55)43(54)28(7)59-35/h14-15,17-18,24-30,32-33,35-45,50,52-55H,13,16,19-22H2,1-12H3/t24-,25+,26-,27-,28-,29+,30-,32-,33-,35-,36-,37-,38-,39-,40-,41-,42-,43-,44+,45-,46+/m1/s1. The topological polar surface area (TPSA) is 239 Å². The molecule has 4 aliphatic rings. The zero-order valence-electron chi connectivity index (χ0n) is 39.7. The maximum Gasteiger partial charge on any atom is 0.308 e. The van der Waals surface area contributed by atoms with E-state index < -0.39 is 140 Å². The van der Waals surface area contributed by atoms with Crippen molar-refractivity contribution in [1.29, 1.82) is 0 Å². The zero-order valence-corrected chi connectivity index (χ0v) is 39.7. The first-order chi connectivity index (χ1) is 30.1. The Morgan fingerprint density at radius 3 is 2.11 bits per heavy atom. The van der Waals surface area contributed by atoms with Gasteiger partial charge in [0.15, 0.2) is 24.7 Å². The van der Waals surface area contributed by atoms with E-state index in [9.17, 15) is 39.9 Å². The number of cyclic esters (lactones) is 1. The molecule has 21 atom stereocenters. The molecule has 368 valence electrons. The number of aldehydes is 1. The Hall–Kier alpha value is -2.27. The van der Waals surface area contributed by atoms with Gasteiger partial charge in [0, 0.05) is 44.8 Å². The zero-order chi connectivity index (χ0) is 47.8. The highest BCUT2D eigenvalue weighted by atomic mass is 16.7. The van der Waals surface area contributed by atoms with Gasteiger partial charge in [-0.2, -0.15) is 0 Å². The summed E-state index contributed by atoms with van der Waals surface area (Å²) in [6.07, 6.45) is -8.49. The Bertz CT molecular complexity index is 1560. The molecule has 18 nitrogen and oxygen atoms in total. The number of methoxy groups -OCH3 is 2. The maximum absolute atomic E-state index is 13.8. The Kier molecular flexibility index (Phi) is 20.5. The van der Waals surface area contributed by atoms with E-state index in [1.54, 1.807) is 59.7 Å². The second kappa shape index (κ2) is 24.1. The minimum absolute atomic E-state index is 0.00788. The molecule has 0 aromatic heterocycles. The first-order valence-electron chi connectivity index (χ1n) is 22.7. The highest BCUT2D eigenvalue weighted by molar-refractivity contribution is 5.91. The molecule has 5 N–H and O–H groups in total. The fourth-order valence-electron chi connectivity index (χ4n) is 9.51. The van der Waals surface area contributed by atoms with Crippen LogP contribution in [0.1, 0.15) is 87.5 Å². The normalized spacial score (nSPS) is 44.6. The number of hydrogen-bond acceptors (Lipinski definition) is 18. The number of aliphatic hydroxyl groups is 5. The van der Waals surface area contributed by atoms with Gasteiger partial charge in [0.2, 0.25) is 0 Å². The summed E-state index contributed by atoms with van der Waals surface area (Å²) in [7, 11) is 6.43. The molecule has 18 heteroatoms. The van der Waals surface area contributed by atoms with Crippen molar-refractivity contribution in [2.24, 2.45) is 23.7 Å². The van der Waals surface area contributed by atoms with Crippen LogP contribution in [0.4, 0.5) is 0 Å². The molecule has 4 heterocycles. The number of carbonyl (C=O) groups is 3. The molecule has 3 saturated heterocycles. The van der Waals surface area contributed by atoms with Crippen LogP contribution < -0.4 is 0 Å². The largest absolute Gasteiger partial charge is 0.462 e. The van der Waals surface area contributed by atoms with Gasteiger partial charge in [0.1, 0.15) is 49.0 Å². The maximum atomic E-state index is 13.8. The highest BCUT2D eigenvalue weighted by Crippen LogP contribution is 2.37. The summed E-state index contributed by atoms with van der Waals surface area (Å²) in [6.45, 7) is 13.6. The summed E-state index contributed by atoms with van der Waals surface area (Å²) in [4.78, 5) is 41.5. The molecular weight excluding hydrogens is 838 g/mol. The third-order valence-electron chi connectivity index (χ3n) is 13.4. The number of carbonyl (C=O) groups excluding carboxylic acids is 3. The molecular formula is C46H77NO17. The van der Waals surface area contributed by atoms with E-state index in [-0.39, 0.29) is 31.7 Å². The van der Waals surface area contributed by atoms with E-state index in [1.807, 2.05) is 19.9 Å². The average Bonchev–Trinajstić information content (AvgIpc) is 3.23. The number of esters is 1. The van der Waals surface area contributed by atoms with Crippen LogP contribution in [0.3, 0.4) is 0 Å². The van der Waals surface area contributed by atoms with Crippen molar-refractivity contribution < 1.29 is 82.5 Å². The molecule has 0 radical (unpaired) electrons. The highest BCUT2D eigenvalue weighted by Gasteiger charge is 2.52. The lowest BCUT2D eigenvalue weighted by molar-refractivity contribution is -0.341. The number of allylic oxidation sites excluding steroid dienone is 3. The van der Waals surface area contributed by atoms with Gasteiger partial charge in [-0.25, -0.2) is 0 Å². The molecule has 0 amide bonds. The van der Waals surface area contributed by atoms with Crippen molar-refractivity contribution >= 4 is 18.0 Å². The number of nitrogens with zero attached hydrogens (tertiary/aromatic N) is 1. The Morgan fingerprint density at radius 2 is 1.52 bits per heavy atom. The molecule has 0 aliphatic carbocycles. The monoisotopic (exact) mass is 916 g/mol. The van der Waals surface area contributed by atoms with Gasteiger partial charge in [-0.3, -0.25) is 9.59 Å². The SMILES string of the molecule is CC[C@H]1OC(=O)C[C@@H](O)[C@H](C)[C@@H](O[C@@H]2O[C@H](C)[C@@H](O[C@@H]3C[C@](C)(O)[C@H](O)[C@@H](C)O3)[C@H](N(C)C)[C@H]2O)[C@@H](CC=O)C[C@@H](C)C(=O)C=CC(C)=C[C@@H]1CO[C@@H]1O[C@H](C)[C@@H](O)[C@@H](OC)[C@H]1OC. The molecule has 4 aliphatic heterocycles. The van der Waals surface area contributed by atoms with E-state index in [2.05, 4.69) is 0 Å². The molecule has 0 bridgehead atoms. The number of aliphatic hydroxyl groups excluding tert-OH is 4. The van der Waals surface area contributed by atoms with Crippen molar-refractivity contribution in [3.63, 3.8) is 0 Å². The predicted molar refractivity (Wildman–Crippen MR) is 230 cm³/mol. The van der Waals surface area contributed by atoms with Gasteiger partial charge in [-0.05, 0) is 73.5 Å². The number of ketones is 1. The summed E-state index contributed by atoms with van der Waals surface area (Å²) in [6, 6.07) is -0.748. The Balaban J connectivity index is 1.62. The van der Waals surface area contributed by atoms with Crippen LogP contribution in [0.15, 0.2) is 23.8 Å². The van der Waals surface area contributed by atoms with E-state index in [0.717, 1.165) is 6.29 Å². The quantitative estimate of drug-likeness (QED) is 0.131. The van der Waals surface area contributed by atoms with E-state index >= 15 is 0 Å². The third kappa shape index (κ3) is 13.5. The van der Waals surface area contributed by atoms with Crippen LogP contribution in [0.2, 0.25) is 0 Å². The van der Waals surface area contributed by atoms with Gasteiger partial charge in [0.25, 0.3) is 0 Å². The van der Waals surface area contributed by atoms with E-state index in [1.165, 1.54) is 27.2 Å². The molecule has 0 aromatic rings. The molecule has 0 saturated carbocycles. The third-order valence-corrected chi connectivity index (χ3v) is 13.4. The summed E-state index contributed by atoms with van der Waals surface area (Å²) in [5, 5.41) is 55.8. The average molecular weight is 916 g/mol. The Labute approximate surface area is 378 Å². The molecule has 0 unspecified atom stereocenters. The summed E-state index contributed by atoms with van der Waals surface area (Å²) >= 11 is 0. The van der Waals surface area contributed by atoms with Crippen LogP contribution in [-0.2, 0) is 57.0 Å². The molecule has 0 aromatic carbocycles. The minimum Gasteiger partial charge on any atom is -0.462 e. The van der Waals surface area contributed by atoms with Crippen molar-refractivity contribution in [2.75, 3.05) is 34.9 Å². The lowest BCUT2D eigenvalue weighted by atomic mass is 9.79. The van der Waals surface area contributed by atoms with E-state index in [0.29, 0.717) is 12.0 Å². The van der Waals surface area contributed by atoms with Gasteiger partial charge in [0.05, 0.1) is 55.2 Å². The fraction of sp³-hybridized carbons (Fsp3) is 0.848. The second-order valence-electron chi connectivity index (χ2n) is 18.7. The van der Waals surface area contributed by atoms with Crippen LogP contribution in [-0.4, -0.2) is 187 Å². The number of ether oxygens (including phenoxy) is 9. The predicted octanol–water partition coefficient (Wildman–Crippen LogP) is 1.83. The van der Waals surface area contributed by atoms with Crippen LogP contribution in [0.25, 0.3) is 0 Å². The van der Waals surface area contributed by atoms with Gasteiger partial charge < -0.3 is 77.9 Å². The minimum atomic E-state index is -1.49. The molecule has 0 spiro atoms. The van der Waals surface area contributed by atoms with E-state index in [4.69, 9.17) is 42.6 Å². The van der Waals surface area contributed by atoms with Gasteiger partial charge in [-0.15, -0.1) is 0 Å². The van der Waals surface area contributed by atoms with Gasteiger partial charge in [-0.1, -0.05) is 38.5 Å². The molecule has 3 fully saturated rings. The number of hydrogen-bond donors (Lipinski definition) is 5. The lowest BCUT2D eigenvalue weighted by Crippen LogP contribution is -2.65. The van der Waals surface area contributed by atoms with Crippen LogP contribution in [0.5, 0.6) is 0 Å². The van der Waals surface area contributed by atoms with Crippen molar-refractivity contribution in [3.05, 3.63) is 23.8 Å². The van der Waals surface area contributed by atoms with Crippen molar-refractivity contribution in [3.8, 4) is 0 Å². The van der Waals surface area contributed by atoms with Crippen LogP contribution >= 0.6 is 0 Å². The smallest absolute Gasteiger partial charge is 0.308 e. The molecule has 4 rings (SSSR count). The fourth-order valence-corrected chi connectivity index (χ4v) is 9.51. The summed E-state index contributed by atoms with van der Waals surface area (Å²) < 4.78 is 54.7. The summed E-state index contributed by atoms with van der Waals surface area (Å²) in [5.74, 6) is -3.59. The first kappa shape index (κ1) is 54.3. The lowest BCUT2D eigenvalue weighted by Gasteiger charge is -2.50. The van der Waals surface area contributed by atoms with Crippen molar-refractivity contribution in [1.82, 2.24) is 4.90 Å². The number of rotatable bonds is 13. The van der Waals surface area contributed by atoms with Crippen LogP contribution in [0, 0.1) is 23.7 Å².